The number of nitrogens with zero attached hydrogens (tertiary/aromatic N) is 1. The molecule has 0 aliphatic heterocycles. The molecule has 82 valence electrons. The first-order chi connectivity index (χ1) is 7.75. The molecule has 1 aromatic carbocycles. The van der Waals surface area contributed by atoms with Gasteiger partial charge in [0, 0.05) is 16.8 Å². The van der Waals surface area contributed by atoms with Crippen LogP contribution in [0.1, 0.15) is 11.1 Å². The second-order valence-electron chi connectivity index (χ2n) is 3.54. The van der Waals surface area contributed by atoms with Crippen molar-refractivity contribution in [3.8, 4) is 0 Å². The normalized spacial score (nSPS) is 10.4. The number of aromatic nitrogens is 1. The molecule has 0 aliphatic rings. The fraction of sp³-hybridized carbons (Fsp3) is 0.154. The number of thioether (sulfide) groups is 1. The second-order valence-corrected chi connectivity index (χ2v) is 4.95. The highest BCUT2D eigenvalue weighted by atomic mass is 35.5. The van der Waals surface area contributed by atoms with Gasteiger partial charge in [0.2, 0.25) is 0 Å². The van der Waals surface area contributed by atoms with Gasteiger partial charge in [0.25, 0.3) is 0 Å². The number of pyridine rings is 1. The Morgan fingerprint density at radius 2 is 2.00 bits per heavy atom. The Hall–Kier alpha value is -0.990. The molecule has 0 saturated carbocycles. The van der Waals surface area contributed by atoms with Crippen molar-refractivity contribution < 1.29 is 0 Å². The van der Waals surface area contributed by atoms with Gasteiger partial charge in [-0.15, -0.1) is 11.8 Å². The molecule has 0 atom stereocenters. The molecule has 0 N–H and O–H groups in total. The molecule has 0 bridgehead atoms. The Kier molecular flexibility index (Phi) is 3.86. The van der Waals surface area contributed by atoms with Crippen LogP contribution in [-0.4, -0.2) is 4.98 Å². The van der Waals surface area contributed by atoms with Crippen molar-refractivity contribution in [2.75, 3.05) is 0 Å². The van der Waals surface area contributed by atoms with E-state index in [9.17, 15) is 0 Å². The van der Waals surface area contributed by atoms with Crippen LogP contribution in [0.5, 0.6) is 0 Å². The van der Waals surface area contributed by atoms with Crippen LogP contribution < -0.4 is 0 Å². The number of hydrogen-bond donors (Lipinski definition) is 0. The van der Waals surface area contributed by atoms with Crippen molar-refractivity contribution in [2.24, 2.45) is 0 Å². The van der Waals surface area contributed by atoms with Crippen LogP contribution in [-0.2, 0) is 5.75 Å². The summed E-state index contributed by atoms with van der Waals surface area (Å²) < 4.78 is 0. The van der Waals surface area contributed by atoms with Gasteiger partial charge in [-0.3, -0.25) is 0 Å². The van der Waals surface area contributed by atoms with Crippen LogP contribution in [0.2, 0.25) is 5.15 Å². The molecule has 1 nitrogen and oxygen atoms in total. The predicted molar refractivity (Wildman–Crippen MR) is 70.0 cm³/mol. The molecule has 0 aliphatic carbocycles. The average Bonchev–Trinajstić information content (AvgIpc) is 2.30. The van der Waals surface area contributed by atoms with E-state index in [0.29, 0.717) is 5.15 Å². The van der Waals surface area contributed by atoms with Gasteiger partial charge in [-0.2, -0.15) is 0 Å². The summed E-state index contributed by atoms with van der Waals surface area (Å²) in [6, 6.07) is 12.2. The summed E-state index contributed by atoms with van der Waals surface area (Å²) >= 11 is 7.56. The van der Waals surface area contributed by atoms with E-state index in [0.717, 1.165) is 5.75 Å². The third-order valence-electron chi connectivity index (χ3n) is 2.28. The Morgan fingerprint density at radius 3 is 2.69 bits per heavy atom. The standard InChI is InChI=1S/C13H12ClNS/c1-10-4-2-3-5-12(10)16-9-11-6-7-13(14)15-8-11/h2-8H,9H2,1H3. The molecular weight excluding hydrogens is 238 g/mol. The zero-order valence-electron chi connectivity index (χ0n) is 8.98. The Morgan fingerprint density at radius 1 is 1.19 bits per heavy atom. The van der Waals surface area contributed by atoms with Crippen molar-refractivity contribution >= 4 is 23.4 Å². The van der Waals surface area contributed by atoms with Gasteiger partial charge in [0.15, 0.2) is 0 Å². The topological polar surface area (TPSA) is 12.9 Å². The van der Waals surface area contributed by atoms with E-state index in [2.05, 4.69) is 36.2 Å². The lowest BCUT2D eigenvalue weighted by molar-refractivity contribution is 1.24. The van der Waals surface area contributed by atoms with Gasteiger partial charge in [-0.05, 0) is 30.2 Å². The summed E-state index contributed by atoms with van der Waals surface area (Å²) in [7, 11) is 0. The quantitative estimate of drug-likeness (QED) is 0.593. The van der Waals surface area contributed by atoms with Crippen molar-refractivity contribution in [3.63, 3.8) is 0 Å². The lowest BCUT2D eigenvalue weighted by Gasteiger charge is -2.04. The van der Waals surface area contributed by atoms with Crippen LogP contribution in [0.3, 0.4) is 0 Å². The summed E-state index contributed by atoms with van der Waals surface area (Å²) in [4.78, 5) is 5.38. The van der Waals surface area contributed by atoms with Crippen molar-refractivity contribution in [2.45, 2.75) is 17.6 Å². The summed E-state index contributed by atoms with van der Waals surface area (Å²) in [5.41, 5.74) is 2.51. The molecule has 1 aromatic heterocycles. The van der Waals surface area contributed by atoms with E-state index in [-0.39, 0.29) is 0 Å². The monoisotopic (exact) mass is 249 g/mol. The zero-order valence-corrected chi connectivity index (χ0v) is 10.6. The van der Waals surface area contributed by atoms with E-state index >= 15 is 0 Å². The van der Waals surface area contributed by atoms with E-state index in [1.807, 2.05) is 30.1 Å². The third-order valence-corrected chi connectivity index (χ3v) is 3.75. The molecule has 3 heteroatoms. The molecular formula is C13H12ClNS. The Labute approximate surface area is 105 Å². The van der Waals surface area contributed by atoms with Gasteiger partial charge in [-0.25, -0.2) is 4.98 Å². The van der Waals surface area contributed by atoms with Crippen molar-refractivity contribution in [3.05, 3.63) is 58.9 Å². The van der Waals surface area contributed by atoms with E-state index in [1.165, 1.54) is 16.0 Å². The van der Waals surface area contributed by atoms with Crippen LogP contribution in [0.15, 0.2) is 47.5 Å². The number of benzene rings is 1. The van der Waals surface area contributed by atoms with Gasteiger partial charge in [0.05, 0.1) is 0 Å². The van der Waals surface area contributed by atoms with Crippen LogP contribution in [0, 0.1) is 6.92 Å². The fourth-order valence-corrected chi connectivity index (χ4v) is 2.45. The van der Waals surface area contributed by atoms with Crippen LogP contribution in [0.4, 0.5) is 0 Å². The van der Waals surface area contributed by atoms with Crippen LogP contribution in [0.25, 0.3) is 0 Å². The minimum Gasteiger partial charge on any atom is -0.244 e. The fourth-order valence-electron chi connectivity index (χ4n) is 1.37. The van der Waals surface area contributed by atoms with Crippen molar-refractivity contribution in [1.29, 1.82) is 0 Å². The van der Waals surface area contributed by atoms with E-state index in [4.69, 9.17) is 11.6 Å². The van der Waals surface area contributed by atoms with Gasteiger partial charge in [-0.1, -0.05) is 35.9 Å². The first-order valence-corrected chi connectivity index (χ1v) is 6.41. The summed E-state index contributed by atoms with van der Waals surface area (Å²) in [6.07, 6.45) is 1.83. The molecule has 2 rings (SSSR count). The maximum atomic E-state index is 5.74. The summed E-state index contributed by atoms with van der Waals surface area (Å²) in [5.74, 6) is 0.926. The molecule has 2 aromatic rings. The Bertz CT molecular complexity index is 468. The molecule has 0 unspecified atom stereocenters. The Balaban J connectivity index is 2.02. The van der Waals surface area contributed by atoms with Crippen LogP contribution >= 0.6 is 23.4 Å². The SMILES string of the molecule is Cc1ccccc1SCc1ccc(Cl)nc1. The first kappa shape index (κ1) is 11.5. The number of hydrogen-bond acceptors (Lipinski definition) is 2. The lowest BCUT2D eigenvalue weighted by atomic mass is 10.2. The summed E-state index contributed by atoms with van der Waals surface area (Å²) in [5, 5.41) is 0.546. The lowest BCUT2D eigenvalue weighted by Crippen LogP contribution is -1.84. The predicted octanol–water partition coefficient (Wildman–Crippen LogP) is 4.34. The minimum atomic E-state index is 0.546. The highest BCUT2D eigenvalue weighted by Crippen LogP contribution is 2.25. The molecule has 0 radical (unpaired) electrons. The molecule has 1 heterocycles. The smallest absolute Gasteiger partial charge is 0.129 e. The number of aryl methyl sites for hydroxylation is 1. The maximum Gasteiger partial charge on any atom is 0.129 e. The molecule has 0 amide bonds. The minimum absolute atomic E-state index is 0.546. The molecule has 0 fully saturated rings. The number of rotatable bonds is 3. The van der Waals surface area contributed by atoms with Gasteiger partial charge < -0.3 is 0 Å². The highest BCUT2D eigenvalue weighted by Gasteiger charge is 1.99. The van der Waals surface area contributed by atoms with Crippen molar-refractivity contribution in [1.82, 2.24) is 4.98 Å². The zero-order chi connectivity index (χ0) is 11.4. The number of halogens is 1. The van der Waals surface area contributed by atoms with E-state index in [1.54, 1.807) is 0 Å². The second kappa shape index (κ2) is 5.37. The highest BCUT2D eigenvalue weighted by molar-refractivity contribution is 7.98. The summed E-state index contributed by atoms with van der Waals surface area (Å²) in [6.45, 7) is 2.13. The molecule has 16 heavy (non-hydrogen) atoms. The van der Waals surface area contributed by atoms with Gasteiger partial charge >= 0.3 is 0 Å². The third kappa shape index (κ3) is 3.00. The first-order valence-electron chi connectivity index (χ1n) is 5.04. The molecule has 0 saturated heterocycles. The maximum absolute atomic E-state index is 5.74. The average molecular weight is 250 g/mol. The van der Waals surface area contributed by atoms with Gasteiger partial charge in [0.1, 0.15) is 5.15 Å². The molecule has 0 spiro atoms. The largest absolute Gasteiger partial charge is 0.244 e. The van der Waals surface area contributed by atoms with E-state index < -0.39 is 0 Å².